The number of hydrogen-bond donors (Lipinski definition) is 8. The van der Waals surface area contributed by atoms with E-state index in [1.807, 2.05) is 0 Å². The molecule has 0 aliphatic carbocycles. The highest BCUT2D eigenvalue weighted by molar-refractivity contribution is 7.64. The minimum Gasteiger partial charge on any atom is -0.394 e. The number of anilines is 1. The second-order valence-electron chi connectivity index (χ2n) is 7.67. The zero-order chi connectivity index (χ0) is 26.3. The van der Waals surface area contributed by atoms with E-state index < -0.39 is 89.2 Å². The average Bonchev–Trinajstić information content (AvgIpc) is 3.04. The van der Waals surface area contributed by atoms with Crippen molar-refractivity contribution >= 4 is 21.2 Å². The van der Waals surface area contributed by atoms with Crippen LogP contribution in [0.1, 0.15) is 6.23 Å². The van der Waals surface area contributed by atoms with Gasteiger partial charge in [0.05, 0.1) is 13.2 Å². The van der Waals surface area contributed by atoms with Crippen molar-refractivity contribution in [1.29, 1.82) is 0 Å². The molecule has 1 aromatic rings. The Balaban J connectivity index is 1.66. The monoisotopic (exact) mass is 551 g/mol. The van der Waals surface area contributed by atoms with Crippen LogP contribution in [0.5, 0.6) is 0 Å². The first-order valence-corrected chi connectivity index (χ1v) is 13.0. The molecule has 17 nitrogen and oxygen atoms in total. The largest absolute Gasteiger partial charge is 0.479 e. The molecule has 0 spiro atoms. The fourth-order valence-electron chi connectivity index (χ4n) is 3.43. The zero-order valence-corrected chi connectivity index (χ0v) is 19.3. The van der Waals surface area contributed by atoms with Crippen LogP contribution in [0.2, 0.25) is 0 Å². The van der Waals surface area contributed by atoms with Crippen LogP contribution in [-0.4, -0.2) is 107 Å². The van der Waals surface area contributed by atoms with Gasteiger partial charge in [-0.3, -0.25) is 13.7 Å². The van der Waals surface area contributed by atoms with Crippen LogP contribution in [0.3, 0.4) is 0 Å². The molecule has 11 atom stereocenters. The van der Waals surface area contributed by atoms with E-state index in [-0.39, 0.29) is 5.82 Å². The van der Waals surface area contributed by atoms with Gasteiger partial charge in [-0.05, 0) is 6.07 Å². The Morgan fingerprint density at radius 2 is 1.74 bits per heavy atom. The summed E-state index contributed by atoms with van der Waals surface area (Å²) < 4.78 is 58.1. The first kappa shape index (κ1) is 28.2. The van der Waals surface area contributed by atoms with Crippen LogP contribution >= 0.6 is 15.4 Å². The van der Waals surface area contributed by atoms with E-state index in [1.165, 1.54) is 6.07 Å². The molecule has 200 valence electrons. The number of halogens is 1. The lowest BCUT2D eigenvalue weighted by atomic mass is 10.0. The highest BCUT2D eigenvalue weighted by Crippen LogP contribution is 2.64. The Kier molecular flexibility index (Phi) is 8.50. The number of alkyl halides is 1. The number of phosphoric acid groups is 1. The third kappa shape index (κ3) is 5.97. The molecule has 2 aliphatic heterocycles. The number of aromatic nitrogens is 2. The lowest BCUT2D eigenvalue weighted by Gasteiger charge is -2.39. The maximum absolute atomic E-state index is 13.8. The van der Waals surface area contributed by atoms with Gasteiger partial charge in [-0.25, -0.2) is 18.1 Å². The third-order valence-electron chi connectivity index (χ3n) is 5.22. The molecule has 9 N–H and O–H groups in total. The van der Waals surface area contributed by atoms with Crippen molar-refractivity contribution in [1.82, 2.24) is 9.55 Å². The topological polar surface area (TPSA) is 274 Å². The van der Waals surface area contributed by atoms with E-state index in [0.29, 0.717) is 0 Å². The molecule has 35 heavy (non-hydrogen) atoms. The van der Waals surface area contributed by atoms with Crippen LogP contribution < -0.4 is 11.4 Å². The number of aliphatic hydroxyl groups excluding tert-OH is 5. The van der Waals surface area contributed by atoms with Crippen LogP contribution in [0.15, 0.2) is 17.1 Å². The molecule has 0 radical (unpaired) electrons. The van der Waals surface area contributed by atoms with Crippen molar-refractivity contribution in [3.05, 3.63) is 22.7 Å². The van der Waals surface area contributed by atoms with Gasteiger partial charge in [0.25, 0.3) is 0 Å². The van der Waals surface area contributed by atoms with E-state index in [1.54, 1.807) is 0 Å². The number of hydrogen-bond acceptors (Lipinski definition) is 14. The Labute approximate surface area is 195 Å². The maximum atomic E-state index is 13.8. The predicted octanol–water partition coefficient (Wildman–Crippen LogP) is -3.46. The van der Waals surface area contributed by atoms with E-state index in [4.69, 9.17) is 20.3 Å². The number of phosphoric ester groups is 1. The summed E-state index contributed by atoms with van der Waals surface area (Å²) in [5, 5.41) is 48.9. The summed E-state index contributed by atoms with van der Waals surface area (Å²) >= 11 is 0. The Bertz CT molecular complexity index is 1060. The fraction of sp³-hybridized carbons (Fsp3) is 0.733. The molecular weight excluding hydrogens is 527 g/mol. The molecule has 2 fully saturated rings. The number of ether oxygens (including phenoxy) is 2. The summed E-state index contributed by atoms with van der Waals surface area (Å²) in [5.74, 6) is -2.56. The number of aliphatic hydroxyl groups is 5. The summed E-state index contributed by atoms with van der Waals surface area (Å²) in [6.45, 7) is -2.08. The van der Waals surface area contributed by atoms with Crippen molar-refractivity contribution in [3.8, 4) is 0 Å². The van der Waals surface area contributed by atoms with Crippen LogP contribution in [0, 0.1) is 0 Å². The van der Waals surface area contributed by atoms with Gasteiger partial charge in [-0.2, -0.15) is 4.98 Å². The lowest BCUT2D eigenvalue weighted by Crippen LogP contribution is -2.56. The Morgan fingerprint density at radius 3 is 2.34 bits per heavy atom. The zero-order valence-electron chi connectivity index (χ0n) is 17.5. The van der Waals surface area contributed by atoms with Crippen LogP contribution in [-0.2, 0) is 27.4 Å². The molecule has 2 unspecified atom stereocenters. The van der Waals surface area contributed by atoms with Crippen molar-refractivity contribution in [2.45, 2.75) is 54.9 Å². The summed E-state index contributed by atoms with van der Waals surface area (Å²) in [5.41, 5.74) is 4.43. The lowest BCUT2D eigenvalue weighted by molar-refractivity contribution is -0.191. The van der Waals surface area contributed by atoms with Gasteiger partial charge >= 0.3 is 21.1 Å². The molecule has 3 heterocycles. The van der Waals surface area contributed by atoms with Gasteiger partial charge in [0.2, 0.25) is 0 Å². The molecular formula is C15H24FN3O14P2. The van der Waals surface area contributed by atoms with E-state index in [9.17, 15) is 48.5 Å². The number of nitrogen functional groups attached to an aromatic ring is 1. The molecule has 0 aromatic carbocycles. The van der Waals surface area contributed by atoms with E-state index >= 15 is 0 Å². The summed E-state index contributed by atoms with van der Waals surface area (Å²) in [6, 6.07) is 1.20. The summed E-state index contributed by atoms with van der Waals surface area (Å²) in [4.78, 5) is 35.3. The standard InChI is InChI=1S/C15H24FN3O14P2/c16-8-5(3-20)32-14(12(24)10(8)22)34(26,27)33-35(28,29)30-4-6-9(21)11(23)13(31-6)19-2-1-7(17)18-15(19)25/h1-2,5-6,8-14,20-24H,3-4H2,(H,26,27)(H,28,29)(H2,17,18,25)/t5-,6-,8+,9-,10+,11-,12-,13-,14-/m1/s1. The molecule has 1 aromatic heterocycles. The van der Waals surface area contributed by atoms with Crippen LogP contribution in [0.4, 0.5) is 10.2 Å². The van der Waals surface area contributed by atoms with E-state index in [2.05, 4.69) is 13.8 Å². The van der Waals surface area contributed by atoms with Gasteiger partial charge < -0.3 is 50.5 Å². The molecule has 2 saturated heterocycles. The van der Waals surface area contributed by atoms with Crippen molar-refractivity contribution in [2.75, 3.05) is 18.9 Å². The molecule has 0 saturated carbocycles. The number of rotatable bonds is 8. The minimum atomic E-state index is -5.49. The first-order valence-electron chi connectivity index (χ1n) is 9.82. The van der Waals surface area contributed by atoms with E-state index in [0.717, 1.165) is 10.8 Å². The van der Waals surface area contributed by atoms with Crippen molar-refractivity contribution in [3.63, 3.8) is 0 Å². The quantitative estimate of drug-likeness (QED) is 0.146. The van der Waals surface area contributed by atoms with Crippen molar-refractivity contribution < 1.29 is 67.1 Å². The minimum absolute atomic E-state index is 0.127. The number of nitrogens with two attached hydrogens (primary N) is 1. The van der Waals surface area contributed by atoms with Crippen LogP contribution in [0.25, 0.3) is 0 Å². The SMILES string of the molecule is Nc1ccn([C@@H]2O[C@H](COP(=O)(O)OP(=O)(O)[C@H]3O[C@H](CO)[C@H](F)[C@H](O)[C@H]3O)[C@@H](O)[C@H]2O)c(=O)n1. The molecule has 0 bridgehead atoms. The average molecular weight is 551 g/mol. The van der Waals surface area contributed by atoms with Crippen molar-refractivity contribution in [2.24, 2.45) is 0 Å². The Morgan fingerprint density at radius 1 is 1.09 bits per heavy atom. The van der Waals surface area contributed by atoms with Gasteiger partial charge in [0, 0.05) is 6.20 Å². The highest BCUT2D eigenvalue weighted by atomic mass is 31.3. The number of nitrogens with zero attached hydrogens (tertiary/aromatic N) is 2. The summed E-state index contributed by atoms with van der Waals surface area (Å²) in [6.07, 6.45) is -14.3. The third-order valence-corrected chi connectivity index (χ3v) is 8.53. The predicted molar refractivity (Wildman–Crippen MR) is 108 cm³/mol. The first-order chi connectivity index (χ1) is 16.2. The fourth-order valence-corrected chi connectivity index (χ4v) is 6.38. The van der Waals surface area contributed by atoms with Gasteiger partial charge in [-0.1, -0.05) is 0 Å². The van der Waals surface area contributed by atoms with Gasteiger partial charge in [0.15, 0.2) is 18.2 Å². The van der Waals surface area contributed by atoms with Gasteiger partial charge in [-0.15, -0.1) is 0 Å². The Hall–Kier alpha value is -1.37. The molecule has 2 aliphatic rings. The normalized spacial score (nSPS) is 39.1. The molecule has 3 rings (SSSR count). The second-order valence-corrected chi connectivity index (χ2v) is 11.2. The second kappa shape index (κ2) is 10.5. The highest BCUT2D eigenvalue weighted by Gasteiger charge is 2.55. The molecule has 20 heteroatoms. The summed E-state index contributed by atoms with van der Waals surface area (Å²) in [7, 11) is -11.0. The smallest absolute Gasteiger partial charge is 0.394 e. The molecule has 0 amide bonds. The maximum Gasteiger partial charge on any atom is 0.479 e. The van der Waals surface area contributed by atoms with Gasteiger partial charge in [0.1, 0.15) is 42.4 Å².